The molecule has 9 heteroatoms. The van der Waals surface area contributed by atoms with Crippen molar-refractivity contribution in [1.82, 2.24) is 0 Å². The molecule has 0 aliphatic heterocycles. The molecule has 1 atom stereocenters. The number of phosphoric ester groups is 1. The summed E-state index contributed by atoms with van der Waals surface area (Å²) >= 11 is 0. The standard InChI is InChI=1S/C11H21O8P/c1-2-3-4-5-6-11(13)17-7-10(18-9-12)8-19-20(14,15)16/h9-10H,2-8H2,1H3,(H2,14,15,16)/t10-/m0/s1. The second-order valence-corrected chi connectivity index (χ2v) is 5.37. The van der Waals surface area contributed by atoms with Crippen molar-refractivity contribution in [3.63, 3.8) is 0 Å². The zero-order valence-electron chi connectivity index (χ0n) is 11.4. The lowest BCUT2D eigenvalue weighted by molar-refractivity contribution is -0.153. The molecule has 0 aromatic heterocycles. The van der Waals surface area contributed by atoms with Crippen molar-refractivity contribution in [3.05, 3.63) is 0 Å². The van der Waals surface area contributed by atoms with Crippen LogP contribution in [0.1, 0.15) is 39.0 Å². The number of unbranched alkanes of at least 4 members (excludes halogenated alkanes) is 3. The molecule has 0 rings (SSSR count). The molecule has 0 aromatic carbocycles. The van der Waals surface area contributed by atoms with E-state index < -0.39 is 26.5 Å². The number of phosphoric acid groups is 1. The number of rotatable bonds is 12. The molecular formula is C11H21O8P. The minimum absolute atomic E-state index is 0.1000. The van der Waals surface area contributed by atoms with Crippen LogP contribution in [0.5, 0.6) is 0 Å². The number of hydrogen-bond donors (Lipinski definition) is 2. The maximum atomic E-state index is 11.4. The maximum Gasteiger partial charge on any atom is 0.469 e. The van der Waals surface area contributed by atoms with E-state index in [9.17, 15) is 14.2 Å². The average molecular weight is 312 g/mol. The Balaban J connectivity index is 3.91. The van der Waals surface area contributed by atoms with Crippen molar-refractivity contribution in [2.24, 2.45) is 0 Å². The van der Waals surface area contributed by atoms with Crippen LogP contribution in [0.25, 0.3) is 0 Å². The van der Waals surface area contributed by atoms with Gasteiger partial charge in [0.2, 0.25) is 0 Å². The van der Waals surface area contributed by atoms with Crippen LogP contribution in [0, 0.1) is 0 Å². The molecule has 0 unspecified atom stereocenters. The summed E-state index contributed by atoms with van der Waals surface area (Å²) in [6, 6.07) is 0. The summed E-state index contributed by atoms with van der Waals surface area (Å²) in [6.07, 6.45) is 2.96. The van der Waals surface area contributed by atoms with Crippen molar-refractivity contribution in [2.45, 2.75) is 45.1 Å². The lowest BCUT2D eigenvalue weighted by Gasteiger charge is -2.15. The van der Waals surface area contributed by atoms with Gasteiger partial charge in [-0.3, -0.25) is 14.1 Å². The molecule has 20 heavy (non-hydrogen) atoms. The summed E-state index contributed by atoms with van der Waals surface area (Å²) in [7, 11) is -4.65. The van der Waals surface area contributed by atoms with Gasteiger partial charge in [-0.15, -0.1) is 0 Å². The normalized spacial score (nSPS) is 12.8. The Bertz CT molecular complexity index is 326. The van der Waals surface area contributed by atoms with Gasteiger partial charge < -0.3 is 19.3 Å². The van der Waals surface area contributed by atoms with E-state index in [1.54, 1.807) is 0 Å². The summed E-state index contributed by atoms with van der Waals surface area (Å²) in [6.45, 7) is 1.31. The quantitative estimate of drug-likeness (QED) is 0.238. The fourth-order valence-electron chi connectivity index (χ4n) is 1.34. The first-order valence-corrected chi connectivity index (χ1v) is 7.87. The van der Waals surface area contributed by atoms with Crippen LogP contribution < -0.4 is 0 Å². The summed E-state index contributed by atoms with van der Waals surface area (Å²) in [4.78, 5) is 38.6. The van der Waals surface area contributed by atoms with Gasteiger partial charge in [-0.05, 0) is 6.42 Å². The van der Waals surface area contributed by atoms with Crippen molar-refractivity contribution in [3.8, 4) is 0 Å². The van der Waals surface area contributed by atoms with Crippen molar-refractivity contribution in [1.29, 1.82) is 0 Å². The van der Waals surface area contributed by atoms with Gasteiger partial charge in [-0.2, -0.15) is 0 Å². The third-order valence-corrected chi connectivity index (χ3v) is 2.83. The van der Waals surface area contributed by atoms with Crippen LogP contribution in [0.15, 0.2) is 0 Å². The highest BCUT2D eigenvalue weighted by molar-refractivity contribution is 7.46. The molecule has 0 aliphatic carbocycles. The smallest absolute Gasteiger partial charge is 0.462 e. The fourth-order valence-corrected chi connectivity index (χ4v) is 1.70. The van der Waals surface area contributed by atoms with Gasteiger partial charge in [0, 0.05) is 6.42 Å². The number of ether oxygens (including phenoxy) is 2. The molecule has 118 valence electrons. The average Bonchev–Trinajstić information content (AvgIpc) is 2.37. The Morgan fingerprint density at radius 1 is 1.25 bits per heavy atom. The minimum atomic E-state index is -4.65. The number of carbonyl (C=O) groups excluding carboxylic acids is 2. The molecule has 0 aromatic rings. The van der Waals surface area contributed by atoms with Gasteiger partial charge in [0.25, 0.3) is 6.47 Å². The van der Waals surface area contributed by atoms with Crippen LogP contribution in [0.4, 0.5) is 0 Å². The topological polar surface area (TPSA) is 119 Å². The van der Waals surface area contributed by atoms with E-state index in [0.29, 0.717) is 6.42 Å². The maximum absolute atomic E-state index is 11.4. The van der Waals surface area contributed by atoms with Gasteiger partial charge in [-0.1, -0.05) is 26.2 Å². The van der Waals surface area contributed by atoms with E-state index in [-0.39, 0.29) is 19.5 Å². The fraction of sp³-hybridized carbons (Fsp3) is 0.818. The van der Waals surface area contributed by atoms with E-state index in [0.717, 1.165) is 19.3 Å². The largest absolute Gasteiger partial charge is 0.469 e. The van der Waals surface area contributed by atoms with E-state index >= 15 is 0 Å². The summed E-state index contributed by atoms with van der Waals surface area (Å²) in [5, 5.41) is 0. The lowest BCUT2D eigenvalue weighted by atomic mass is 10.2. The number of esters is 1. The summed E-state index contributed by atoms with van der Waals surface area (Å²) in [5.74, 6) is -0.447. The third kappa shape index (κ3) is 12.1. The second kappa shape index (κ2) is 10.8. The highest BCUT2D eigenvalue weighted by Crippen LogP contribution is 2.35. The minimum Gasteiger partial charge on any atom is -0.462 e. The molecule has 2 N–H and O–H groups in total. The van der Waals surface area contributed by atoms with Crippen LogP contribution in [0.2, 0.25) is 0 Å². The Hall–Kier alpha value is -0.950. The summed E-state index contributed by atoms with van der Waals surface area (Å²) < 4.78 is 24.0. The Labute approximate surface area is 117 Å². The molecule has 0 radical (unpaired) electrons. The Kier molecular flexibility index (Phi) is 10.3. The monoisotopic (exact) mass is 312 g/mol. The first kappa shape index (κ1) is 19.1. The van der Waals surface area contributed by atoms with Crippen LogP contribution in [-0.4, -0.2) is 41.5 Å². The van der Waals surface area contributed by atoms with E-state index in [4.69, 9.17) is 14.5 Å². The Morgan fingerprint density at radius 3 is 2.50 bits per heavy atom. The highest BCUT2D eigenvalue weighted by atomic mass is 31.2. The van der Waals surface area contributed by atoms with Gasteiger partial charge in [-0.25, -0.2) is 4.57 Å². The van der Waals surface area contributed by atoms with E-state index in [1.165, 1.54) is 0 Å². The van der Waals surface area contributed by atoms with Crippen LogP contribution in [0.3, 0.4) is 0 Å². The second-order valence-electron chi connectivity index (χ2n) is 4.13. The first-order chi connectivity index (χ1) is 9.39. The molecule has 0 amide bonds. The molecular weight excluding hydrogens is 291 g/mol. The number of hydrogen-bond acceptors (Lipinski definition) is 6. The molecule has 0 spiro atoms. The first-order valence-electron chi connectivity index (χ1n) is 6.34. The number of carbonyl (C=O) groups is 2. The molecule has 0 saturated carbocycles. The van der Waals surface area contributed by atoms with Crippen LogP contribution in [-0.2, 0) is 28.2 Å². The van der Waals surface area contributed by atoms with Gasteiger partial charge >= 0.3 is 13.8 Å². The Morgan fingerprint density at radius 2 is 1.95 bits per heavy atom. The highest BCUT2D eigenvalue weighted by Gasteiger charge is 2.20. The van der Waals surface area contributed by atoms with E-state index in [2.05, 4.69) is 16.2 Å². The molecule has 0 fully saturated rings. The third-order valence-electron chi connectivity index (χ3n) is 2.34. The zero-order chi connectivity index (χ0) is 15.4. The summed E-state index contributed by atoms with van der Waals surface area (Å²) in [5.41, 5.74) is 0. The predicted molar refractivity (Wildman–Crippen MR) is 68.7 cm³/mol. The zero-order valence-corrected chi connectivity index (χ0v) is 12.3. The molecule has 0 saturated heterocycles. The van der Waals surface area contributed by atoms with Gasteiger partial charge in [0.05, 0.1) is 6.61 Å². The van der Waals surface area contributed by atoms with Crippen molar-refractivity contribution in [2.75, 3.05) is 13.2 Å². The SMILES string of the molecule is CCCCCCC(=O)OC[C@@H](COP(=O)(O)O)OC=O. The van der Waals surface area contributed by atoms with Crippen LogP contribution >= 0.6 is 7.82 Å². The molecule has 0 heterocycles. The lowest BCUT2D eigenvalue weighted by Crippen LogP contribution is -2.26. The molecule has 8 nitrogen and oxygen atoms in total. The van der Waals surface area contributed by atoms with E-state index in [1.807, 2.05) is 0 Å². The van der Waals surface area contributed by atoms with Crippen molar-refractivity contribution >= 4 is 20.3 Å². The van der Waals surface area contributed by atoms with Crippen molar-refractivity contribution < 1.29 is 37.9 Å². The molecule has 0 bridgehead atoms. The molecule has 0 aliphatic rings. The van der Waals surface area contributed by atoms with Gasteiger partial charge in [0.15, 0.2) is 6.10 Å². The predicted octanol–water partition coefficient (Wildman–Crippen LogP) is 1.15. The van der Waals surface area contributed by atoms with Gasteiger partial charge in [0.1, 0.15) is 6.61 Å².